The molecular formula is C15H29N3O. The molecule has 0 aromatic rings. The van der Waals surface area contributed by atoms with Crippen LogP contribution in [0.15, 0.2) is 4.99 Å². The van der Waals surface area contributed by atoms with E-state index in [2.05, 4.69) is 29.1 Å². The monoisotopic (exact) mass is 267 g/mol. The van der Waals surface area contributed by atoms with Crippen LogP contribution in [-0.4, -0.2) is 48.8 Å². The Hall–Kier alpha value is -0.770. The van der Waals surface area contributed by atoms with Gasteiger partial charge in [-0.3, -0.25) is 4.99 Å². The van der Waals surface area contributed by atoms with Crippen molar-refractivity contribution in [3.8, 4) is 0 Å². The van der Waals surface area contributed by atoms with Crippen LogP contribution in [0.1, 0.15) is 46.0 Å². The van der Waals surface area contributed by atoms with E-state index >= 15 is 0 Å². The number of nitrogens with one attached hydrogen (secondary N) is 1. The van der Waals surface area contributed by atoms with E-state index in [9.17, 15) is 5.11 Å². The van der Waals surface area contributed by atoms with Gasteiger partial charge in [0.25, 0.3) is 0 Å². The first-order valence-electron chi connectivity index (χ1n) is 7.71. The van der Waals surface area contributed by atoms with Crippen molar-refractivity contribution < 1.29 is 5.11 Å². The number of aliphatic hydroxyl groups excluding tert-OH is 1. The largest absolute Gasteiger partial charge is 0.393 e. The number of likely N-dealkylation sites (tertiary alicyclic amines) is 1. The maximum atomic E-state index is 9.87. The van der Waals surface area contributed by atoms with E-state index in [0.717, 1.165) is 44.9 Å². The van der Waals surface area contributed by atoms with Gasteiger partial charge in [0.2, 0.25) is 0 Å². The molecule has 0 spiro atoms. The van der Waals surface area contributed by atoms with Crippen molar-refractivity contribution in [1.29, 1.82) is 0 Å². The fraction of sp³-hybridized carbons (Fsp3) is 0.933. The summed E-state index contributed by atoms with van der Waals surface area (Å²) >= 11 is 0. The first-order chi connectivity index (χ1) is 9.08. The molecule has 1 aliphatic carbocycles. The van der Waals surface area contributed by atoms with Crippen LogP contribution in [0.25, 0.3) is 0 Å². The van der Waals surface area contributed by atoms with Crippen LogP contribution in [0.3, 0.4) is 0 Å². The standard InChI is InChI=1S/C15H29N3O/c1-4-15(2)8-9-18(11-15)14(16-3)17-10-12-6-5-7-13(12)19/h12-13,19H,4-11H2,1-3H3,(H,16,17). The van der Waals surface area contributed by atoms with Crippen molar-refractivity contribution in [1.82, 2.24) is 10.2 Å². The van der Waals surface area contributed by atoms with Gasteiger partial charge in [0.15, 0.2) is 5.96 Å². The molecule has 110 valence electrons. The Morgan fingerprint density at radius 3 is 2.79 bits per heavy atom. The van der Waals surface area contributed by atoms with Crippen LogP contribution >= 0.6 is 0 Å². The minimum absolute atomic E-state index is 0.120. The van der Waals surface area contributed by atoms with E-state index in [4.69, 9.17) is 0 Å². The molecule has 1 heterocycles. The third-order valence-electron chi connectivity index (χ3n) is 5.06. The maximum absolute atomic E-state index is 9.87. The number of hydrogen-bond donors (Lipinski definition) is 2. The van der Waals surface area contributed by atoms with E-state index in [-0.39, 0.29) is 6.10 Å². The zero-order valence-electron chi connectivity index (χ0n) is 12.7. The van der Waals surface area contributed by atoms with Crippen LogP contribution in [0.2, 0.25) is 0 Å². The fourth-order valence-corrected chi connectivity index (χ4v) is 3.30. The lowest BCUT2D eigenvalue weighted by Gasteiger charge is -2.26. The summed E-state index contributed by atoms with van der Waals surface area (Å²) in [6.07, 6.45) is 5.60. The summed E-state index contributed by atoms with van der Waals surface area (Å²) in [5.74, 6) is 1.41. The molecule has 4 heteroatoms. The summed E-state index contributed by atoms with van der Waals surface area (Å²) in [7, 11) is 1.86. The summed E-state index contributed by atoms with van der Waals surface area (Å²) in [4.78, 5) is 6.77. The molecule has 0 amide bonds. The molecule has 0 bridgehead atoms. The fourth-order valence-electron chi connectivity index (χ4n) is 3.30. The molecule has 19 heavy (non-hydrogen) atoms. The highest BCUT2D eigenvalue weighted by atomic mass is 16.3. The van der Waals surface area contributed by atoms with E-state index in [1.54, 1.807) is 0 Å². The van der Waals surface area contributed by atoms with Crippen molar-refractivity contribution in [2.75, 3.05) is 26.7 Å². The van der Waals surface area contributed by atoms with Gasteiger partial charge in [-0.15, -0.1) is 0 Å². The molecule has 0 aromatic carbocycles. The van der Waals surface area contributed by atoms with Crippen molar-refractivity contribution in [3.05, 3.63) is 0 Å². The van der Waals surface area contributed by atoms with Crippen molar-refractivity contribution in [2.45, 2.75) is 52.1 Å². The van der Waals surface area contributed by atoms with Crippen molar-refractivity contribution in [2.24, 2.45) is 16.3 Å². The van der Waals surface area contributed by atoms with Crippen LogP contribution in [0, 0.1) is 11.3 Å². The van der Waals surface area contributed by atoms with Crippen molar-refractivity contribution >= 4 is 5.96 Å². The topological polar surface area (TPSA) is 47.9 Å². The van der Waals surface area contributed by atoms with Gasteiger partial charge >= 0.3 is 0 Å². The number of rotatable bonds is 3. The Kier molecular flexibility index (Phi) is 4.71. The zero-order chi connectivity index (χ0) is 13.9. The molecule has 1 saturated carbocycles. The van der Waals surface area contributed by atoms with Crippen LogP contribution in [0.5, 0.6) is 0 Å². The number of aliphatic hydroxyl groups is 1. The highest BCUT2D eigenvalue weighted by molar-refractivity contribution is 5.80. The average molecular weight is 267 g/mol. The summed E-state index contributed by atoms with van der Waals surface area (Å²) in [6, 6.07) is 0. The van der Waals surface area contributed by atoms with Crippen LogP contribution in [0.4, 0.5) is 0 Å². The minimum Gasteiger partial charge on any atom is -0.393 e. The van der Waals surface area contributed by atoms with E-state index in [1.165, 1.54) is 12.8 Å². The van der Waals surface area contributed by atoms with E-state index < -0.39 is 0 Å². The molecule has 1 saturated heterocycles. The van der Waals surface area contributed by atoms with Gasteiger partial charge < -0.3 is 15.3 Å². The molecule has 2 fully saturated rings. The Balaban J connectivity index is 1.84. The summed E-state index contributed by atoms with van der Waals surface area (Å²) in [5, 5.41) is 13.3. The Morgan fingerprint density at radius 2 is 2.26 bits per heavy atom. The Bertz CT molecular complexity index is 331. The summed E-state index contributed by atoms with van der Waals surface area (Å²) in [6.45, 7) is 7.68. The van der Waals surface area contributed by atoms with Gasteiger partial charge in [-0.1, -0.05) is 20.3 Å². The first kappa shape index (κ1) is 14.6. The predicted molar refractivity (Wildman–Crippen MR) is 79.3 cm³/mol. The third-order valence-corrected chi connectivity index (χ3v) is 5.06. The van der Waals surface area contributed by atoms with Crippen LogP contribution < -0.4 is 5.32 Å². The van der Waals surface area contributed by atoms with Crippen molar-refractivity contribution in [3.63, 3.8) is 0 Å². The van der Waals surface area contributed by atoms with Crippen LogP contribution in [-0.2, 0) is 0 Å². The lowest BCUT2D eigenvalue weighted by atomic mass is 9.87. The Labute approximate surface area is 117 Å². The Morgan fingerprint density at radius 1 is 1.47 bits per heavy atom. The first-order valence-corrected chi connectivity index (χ1v) is 7.71. The molecule has 0 aromatic heterocycles. The molecule has 3 unspecified atom stereocenters. The van der Waals surface area contributed by atoms with Gasteiger partial charge in [-0.25, -0.2) is 0 Å². The summed E-state index contributed by atoms with van der Waals surface area (Å²) < 4.78 is 0. The second-order valence-electron chi connectivity index (χ2n) is 6.52. The van der Waals surface area contributed by atoms with E-state index in [0.29, 0.717) is 11.3 Å². The number of nitrogens with zero attached hydrogens (tertiary/aromatic N) is 2. The number of guanidine groups is 1. The third kappa shape index (κ3) is 3.41. The maximum Gasteiger partial charge on any atom is 0.193 e. The molecule has 2 aliphatic rings. The minimum atomic E-state index is -0.120. The molecular weight excluding hydrogens is 238 g/mol. The highest BCUT2D eigenvalue weighted by Crippen LogP contribution is 2.33. The second kappa shape index (κ2) is 6.12. The molecule has 4 nitrogen and oxygen atoms in total. The van der Waals surface area contributed by atoms with Gasteiger partial charge in [0.1, 0.15) is 0 Å². The van der Waals surface area contributed by atoms with E-state index in [1.807, 2.05) is 7.05 Å². The van der Waals surface area contributed by atoms with Gasteiger partial charge in [0, 0.05) is 32.6 Å². The molecule has 1 aliphatic heterocycles. The SMILES string of the molecule is CCC1(C)CCN(C(=NC)NCC2CCCC2O)C1. The molecule has 0 radical (unpaired) electrons. The molecule has 2 rings (SSSR count). The lowest BCUT2D eigenvalue weighted by molar-refractivity contribution is 0.134. The quantitative estimate of drug-likeness (QED) is 0.606. The number of aliphatic imine (C=N–C) groups is 1. The van der Waals surface area contributed by atoms with Gasteiger partial charge in [-0.2, -0.15) is 0 Å². The normalized spacial score (nSPS) is 36.0. The van der Waals surface area contributed by atoms with Gasteiger partial charge in [-0.05, 0) is 31.1 Å². The lowest BCUT2D eigenvalue weighted by Crippen LogP contribution is -2.43. The second-order valence-corrected chi connectivity index (χ2v) is 6.52. The summed E-state index contributed by atoms with van der Waals surface area (Å²) in [5.41, 5.74) is 0.435. The van der Waals surface area contributed by atoms with Gasteiger partial charge in [0.05, 0.1) is 6.10 Å². The smallest absolute Gasteiger partial charge is 0.193 e. The molecule has 2 N–H and O–H groups in total. The predicted octanol–water partition coefficient (Wildman–Crippen LogP) is 1.84. The average Bonchev–Trinajstić information content (AvgIpc) is 2.98. The number of hydrogen-bond acceptors (Lipinski definition) is 2. The molecule has 3 atom stereocenters. The zero-order valence-corrected chi connectivity index (χ0v) is 12.7. The highest BCUT2D eigenvalue weighted by Gasteiger charge is 2.34.